The maximum absolute atomic E-state index is 12.8. The van der Waals surface area contributed by atoms with Crippen molar-refractivity contribution in [1.29, 1.82) is 0 Å². The summed E-state index contributed by atoms with van der Waals surface area (Å²) in [4.78, 5) is 38.1. The number of esters is 3. The molecule has 71 heavy (non-hydrogen) atoms. The van der Waals surface area contributed by atoms with Crippen molar-refractivity contribution < 1.29 is 28.6 Å². The second-order valence-corrected chi connectivity index (χ2v) is 18.5. The summed E-state index contributed by atoms with van der Waals surface area (Å²) < 4.78 is 16.8. The number of hydrogen-bond acceptors (Lipinski definition) is 6. The minimum atomic E-state index is -0.841. The van der Waals surface area contributed by atoms with Gasteiger partial charge in [-0.25, -0.2) is 0 Å². The van der Waals surface area contributed by atoms with Crippen molar-refractivity contribution in [3.05, 3.63) is 134 Å². The molecule has 0 unspecified atom stereocenters. The molecule has 6 nitrogen and oxygen atoms in total. The molecule has 0 radical (unpaired) electrons. The van der Waals surface area contributed by atoms with Gasteiger partial charge in [0.15, 0.2) is 6.10 Å². The Balaban J connectivity index is 4.57. The van der Waals surface area contributed by atoms with Crippen LogP contribution in [0.3, 0.4) is 0 Å². The van der Waals surface area contributed by atoms with Gasteiger partial charge in [-0.05, 0) is 128 Å². The molecule has 0 aliphatic rings. The number of ether oxygens (including phenoxy) is 3. The summed E-state index contributed by atoms with van der Waals surface area (Å²) in [6.45, 7) is 6.37. The summed E-state index contributed by atoms with van der Waals surface area (Å²) in [5.41, 5.74) is 0. The van der Waals surface area contributed by atoms with Crippen LogP contribution < -0.4 is 0 Å². The molecular weight excluding hydrogens is 877 g/mol. The van der Waals surface area contributed by atoms with Crippen molar-refractivity contribution >= 4 is 17.9 Å². The van der Waals surface area contributed by atoms with E-state index in [4.69, 9.17) is 14.2 Å². The first kappa shape index (κ1) is 66.6. The molecule has 0 heterocycles. The highest BCUT2D eigenvalue weighted by molar-refractivity contribution is 5.71. The molecule has 0 saturated carbocycles. The number of hydrogen-bond donors (Lipinski definition) is 0. The van der Waals surface area contributed by atoms with Gasteiger partial charge < -0.3 is 14.2 Å². The van der Waals surface area contributed by atoms with E-state index in [-0.39, 0.29) is 38.0 Å². The van der Waals surface area contributed by atoms with Crippen LogP contribution in [0, 0.1) is 0 Å². The van der Waals surface area contributed by atoms with Crippen LogP contribution in [0.25, 0.3) is 0 Å². The fourth-order valence-electron chi connectivity index (χ4n) is 7.33. The largest absolute Gasteiger partial charge is 0.462 e. The third-order valence-corrected chi connectivity index (χ3v) is 11.6. The van der Waals surface area contributed by atoms with E-state index >= 15 is 0 Å². The normalized spacial score (nSPS) is 13.1. The number of allylic oxidation sites excluding steroid dienone is 22. The maximum atomic E-state index is 12.8. The minimum Gasteiger partial charge on any atom is -0.462 e. The SMILES string of the molecule is CC/C=C\C/C=C\C/C=C\C/C=C\C/C=C\C/C=C\CCC(=O)O[C@@H](COC(=O)CCCC/C=C\C/C=C\C/C=C\CCCCC)COC(=O)CCCCCCCCCCC/C=C\C/C=C\CCCCC. The van der Waals surface area contributed by atoms with Crippen LogP contribution in [0.1, 0.15) is 239 Å². The highest BCUT2D eigenvalue weighted by Gasteiger charge is 2.19. The molecule has 0 aliphatic carbocycles. The first-order valence-corrected chi connectivity index (χ1v) is 28.7. The van der Waals surface area contributed by atoms with Gasteiger partial charge in [-0.1, -0.05) is 225 Å². The van der Waals surface area contributed by atoms with E-state index in [0.717, 1.165) is 89.9 Å². The Hall–Kier alpha value is -4.45. The Morgan fingerprint density at radius 2 is 0.577 bits per heavy atom. The van der Waals surface area contributed by atoms with Crippen molar-refractivity contribution in [2.24, 2.45) is 0 Å². The highest BCUT2D eigenvalue weighted by atomic mass is 16.6. The van der Waals surface area contributed by atoms with Crippen LogP contribution in [0.15, 0.2) is 134 Å². The second kappa shape index (κ2) is 58.1. The Kier molecular flexibility index (Phi) is 54.5. The molecule has 0 aromatic carbocycles. The topological polar surface area (TPSA) is 78.9 Å². The number of rotatable bonds is 50. The van der Waals surface area contributed by atoms with E-state index in [1.165, 1.54) is 96.3 Å². The lowest BCUT2D eigenvalue weighted by Gasteiger charge is -2.18. The van der Waals surface area contributed by atoms with Crippen molar-refractivity contribution in [2.45, 2.75) is 245 Å². The monoisotopic (exact) mass is 981 g/mol. The second-order valence-electron chi connectivity index (χ2n) is 18.5. The lowest BCUT2D eigenvalue weighted by Crippen LogP contribution is -2.30. The number of unbranched alkanes of at least 4 members (excludes halogenated alkanes) is 17. The summed E-state index contributed by atoms with van der Waals surface area (Å²) in [6, 6.07) is 0. The fourth-order valence-corrected chi connectivity index (χ4v) is 7.33. The summed E-state index contributed by atoms with van der Waals surface area (Å²) in [7, 11) is 0. The van der Waals surface area contributed by atoms with Crippen molar-refractivity contribution in [2.75, 3.05) is 13.2 Å². The molecule has 0 aliphatic heterocycles. The Labute approximate surface area is 436 Å². The molecule has 0 N–H and O–H groups in total. The van der Waals surface area contributed by atoms with Crippen molar-refractivity contribution in [3.63, 3.8) is 0 Å². The molecule has 0 fully saturated rings. The summed E-state index contributed by atoms with van der Waals surface area (Å²) in [5, 5.41) is 0. The predicted octanol–water partition coefficient (Wildman–Crippen LogP) is 19.4. The van der Waals surface area contributed by atoms with Crippen LogP contribution in [-0.2, 0) is 28.6 Å². The van der Waals surface area contributed by atoms with Gasteiger partial charge >= 0.3 is 17.9 Å². The molecule has 0 aromatic heterocycles. The van der Waals surface area contributed by atoms with Crippen molar-refractivity contribution in [1.82, 2.24) is 0 Å². The van der Waals surface area contributed by atoms with Gasteiger partial charge in [-0.3, -0.25) is 14.4 Å². The van der Waals surface area contributed by atoms with Gasteiger partial charge in [-0.15, -0.1) is 0 Å². The minimum absolute atomic E-state index is 0.127. The maximum Gasteiger partial charge on any atom is 0.306 e. The number of carbonyl (C=O) groups excluding carboxylic acids is 3. The summed E-state index contributed by atoms with van der Waals surface area (Å²) in [5.74, 6) is -1.06. The van der Waals surface area contributed by atoms with Gasteiger partial charge in [0, 0.05) is 19.3 Å². The standard InChI is InChI=1S/C65H104O6/c1-4-7-10-13-16-19-22-25-28-30-32-34-37-40-43-46-49-52-55-58-64(67)70-61-62(60-69-63(66)57-54-51-48-45-42-39-36-27-24-21-18-15-12-9-6-3)71-65(68)59-56-53-50-47-44-41-38-35-33-31-29-26-23-20-17-14-11-8-5-2/h8,11,16-21,25-29,33,35-36,41-42,44-45,50,53,62H,4-7,9-10,12-15,22-24,30-32,34,37-40,43,46-49,51-52,54-61H2,1-3H3/b11-8-,19-16-,20-17-,21-18-,28-25-,29-26-,35-33-,36-27-,44-41-,45-42-,53-50-/t62-/m0/s1. The quantitative estimate of drug-likeness (QED) is 0.0262. The van der Waals surface area contributed by atoms with Gasteiger partial charge in [0.2, 0.25) is 0 Å². The molecule has 0 aromatic rings. The lowest BCUT2D eigenvalue weighted by molar-refractivity contribution is -0.166. The smallest absolute Gasteiger partial charge is 0.306 e. The van der Waals surface area contributed by atoms with Crippen LogP contribution in [0.4, 0.5) is 0 Å². The lowest BCUT2D eigenvalue weighted by atomic mass is 10.1. The summed E-state index contributed by atoms with van der Waals surface area (Å²) in [6.07, 6.45) is 81.7. The number of carbonyl (C=O) groups is 3. The van der Waals surface area contributed by atoms with E-state index < -0.39 is 12.1 Å². The van der Waals surface area contributed by atoms with Gasteiger partial charge in [-0.2, -0.15) is 0 Å². The van der Waals surface area contributed by atoms with Crippen LogP contribution in [0.2, 0.25) is 0 Å². The molecule has 0 amide bonds. The molecule has 0 saturated heterocycles. The summed E-state index contributed by atoms with van der Waals surface area (Å²) >= 11 is 0. The van der Waals surface area contributed by atoms with Crippen LogP contribution in [-0.4, -0.2) is 37.2 Å². The first-order valence-electron chi connectivity index (χ1n) is 28.7. The Morgan fingerprint density at radius 1 is 0.296 bits per heavy atom. The first-order chi connectivity index (χ1) is 35.0. The van der Waals surface area contributed by atoms with Crippen LogP contribution in [0.5, 0.6) is 0 Å². The van der Waals surface area contributed by atoms with E-state index in [1.54, 1.807) is 0 Å². The van der Waals surface area contributed by atoms with Crippen LogP contribution >= 0.6 is 0 Å². The molecule has 6 heteroatoms. The van der Waals surface area contributed by atoms with Gasteiger partial charge in [0.05, 0.1) is 0 Å². The molecule has 400 valence electrons. The molecule has 0 bridgehead atoms. The van der Waals surface area contributed by atoms with E-state index in [0.29, 0.717) is 19.3 Å². The molecule has 1 atom stereocenters. The van der Waals surface area contributed by atoms with Gasteiger partial charge in [0.1, 0.15) is 13.2 Å². The zero-order valence-electron chi connectivity index (χ0n) is 45.7. The average molecular weight is 982 g/mol. The Bertz CT molecular complexity index is 1550. The zero-order chi connectivity index (χ0) is 51.4. The average Bonchev–Trinajstić information content (AvgIpc) is 3.37. The predicted molar refractivity (Wildman–Crippen MR) is 306 cm³/mol. The zero-order valence-corrected chi connectivity index (χ0v) is 45.7. The third kappa shape index (κ3) is 56.3. The van der Waals surface area contributed by atoms with E-state index in [9.17, 15) is 14.4 Å². The molecular formula is C65H104O6. The van der Waals surface area contributed by atoms with Gasteiger partial charge in [0.25, 0.3) is 0 Å². The third-order valence-electron chi connectivity index (χ3n) is 11.6. The van der Waals surface area contributed by atoms with E-state index in [2.05, 4.69) is 142 Å². The van der Waals surface area contributed by atoms with Crippen molar-refractivity contribution in [3.8, 4) is 0 Å². The molecule has 0 rings (SSSR count). The van der Waals surface area contributed by atoms with E-state index in [1.807, 2.05) is 12.2 Å². The Morgan fingerprint density at radius 3 is 0.944 bits per heavy atom. The molecule has 0 spiro atoms. The fraction of sp³-hybridized carbons (Fsp3) is 0.615. The highest BCUT2D eigenvalue weighted by Crippen LogP contribution is 2.13.